The standard InChI is InChI=1S/C8H9N3OS/c1-11(8-9-6-10-13-8)5-7-3-2-4-12-7/h2-4,6H,5H2,1H3. The number of hydrogen-bond acceptors (Lipinski definition) is 5. The van der Waals surface area contributed by atoms with E-state index in [1.807, 2.05) is 24.1 Å². The summed E-state index contributed by atoms with van der Waals surface area (Å²) in [7, 11) is 1.96. The number of furan rings is 1. The molecule has 2 aromatic heterocycles. The van der Waals surface area contributed by atoms with E-state index in [0.717, 1.165) is 17.4 Å². The largest absolute Gasteiger partial charge is 0.467 e. The molecule has 0 amide bonds. The van der Waals surface area contributed by atoms with Gasteiger partial charge in [0.05, 0.1) is 12.8 Å². The lowest BCUT2D eigenvalue weighted by Crippen LogP contribution is -2.15. The first-order valence-corrected chi connectivity index (χ1v) is 4.64. The van der Waals surface area contributed by atoms with Gasteiger partial charge in [-0.2, -0.15) is 4.37 Å². The van der Waals surface area contributed by atoms with E-state index in [1.165, 1.54) is 11.5 Å². The predicted molar refractivity (Wildman–Crippen MR) is 50.7 cm³/mol. The van der Waals surface area contributed by atoms with Gasteiger partial charge in [0.2, 0.25) is 5.13 Å². The van der Waals surface area contributed by atoms with Crippen LogP contribution in [-0.4, -0.2) is 16.4 Å². The summed E-state index contributed by atoms with van der Waals surface area (Å²) in [5.41, 5.74) is 0. The lowest BCUT2D eigenvalue weighted by Gasteiger charge is -2.12. The van der Waals surface area contributed by atoms with Gasteiger partial charge < -0.3 is 9.32 Å². The highest BCUT2D eigenvalue weighted by molar-refractivity contribution is 7.09. The highest BCUT2D eigenvalue weighted by atomic mass is 32.1. The van der Waals surface area contributed by atoms with E-state index in [9.17, 15) is 0 Å². The average Bonchev–Trinajstić information content (AvgIpc) is 2.74. The summed E-state index contributed by atoms with van der Waals surface area (Å²) < 4.78 is 9.15. The minimum absolute atomic E-state index is 0.724. The fourth-order valence-corrected chi connectivity index (χ4v) is 1.53. The van der Waals surface area contributed by atoms with Gasteiger partial charge in [0.1, 0.15) is 12.1 Å². The van der Waals surface area contributed by atoms with Crippen molar-refractivity contribution < 1.29 is 4.42 Å². The fourth-order valence-electron chi connectivity index (χ4n) is 1.04. The molecule has 0 atom stereocenters. The maximum absolute atomic E-state index is 5.22. The number of nitrogens with zero attached hydrogens (tertiary/aromatic N) is 3. The zero-order valence-corrected chi connectivity index (χ0v) is 7.99. The maximum atomic E-state index is 5.22. The van der Waals surface area contributed by atoms with E-state index in [0.29, 0.717) is 0 Å². The molecule has 2 rings (SSSR count). The van der Waals surface area contributed by atoms with Crippen LogP contribution >= 0.6 is 11.5 Å². The number of aromatic nitrogens is 2. The third kappa shape index (κ3) is 1.86. The molecule has 2 aromatic rings. The molecule has 0 N–H and O–H groups in total. The Morgan fingerprint density at radius 2 is 2.54 bits per heavy atom. The van der Waals surface area contributed by atoms with Crippen molar-refractivity contribution in [1.82, 2.24) is 9.36 Å². The second kappa shape index (κ2) is 3.57. The Morgan fingerprint density at radius 1 is 1.62 bits per heavy atom. The molecule has 0 aliphatic carbocycles. The van der Waals surface area contributed by atoms with Gasteiger partial charge in [-0.25, -0.2) is 4.98 Å². The van der Waals surface area contributed by atoms with Gasteiger partial charge in [0, 0.05) is 18.6 Å². The molecule has 0 radical (unpaired) electrons. The van der Waals surface area contributed by atoms with Crippen molar-refractivity contribution in [3.8, 4) is 0 Å². The Hall–Kier alpha value is -1.36. The van der Waals surface area contributed by atoms with Gasteiger partial charge >= 0.3 is 0 Å². The van der Waals surface area contributed by atoms with Gasteiger partial charge in [-0.3, -0.25) is 0 Å². The minimum Gasteiger partial charge on any atom is -0.467 e. The zero-order valence-electron chi connectivity index (χ0n) is 7.17. The van der Waals surface area contributed by atoms with Crippen LogP contribution in [0.5, 0.6) is 0 Å². The van der Waals surface area contributed by atoms with Crippen LogP contribution in [0.15, 0.2) is 29.1 Å². The first-order valence-electron chi connectivity index (χ1n) is 3.86. The second-order valence-electron chi connectivity index (χ2n) is 2.66. The van der Waals surface area contributed by atoms with Gasteiger partial charge in [-0.1, -0.05) is 0 Å². The van der Waals surface area contributed by atoms with E-state index < -0.39 is 0 Å². The van der Waals surface area contributed by atoms with E-state index in [4.69, 9.17) is 4.42 Å². The van der Waals surface area contributed by atoms with Crippen molar-refractivity contribution in [2.45, 2.75) is 6.54 Å². The van der Waals surface area contributed by atoms with Crippen LogP contribution in [0, 0.1) is 0 Å². The summed E-state index contributed by atoms with van der Waals surface area (Å²) in [5.74, 6) is 0.928. The molecule has 0 bridgehead atoms. The van der Waals surface area contributed by atoms with Crippen molar-refractivity contribution in [2.75, 3.05) is 11.9 Å². The van der Waals surface area contributed by atoms with Crippen LogP contribution < -0.4 is 4.90 Å². The van der Waals surface area contributed by atoms with Crippen molar-refractivity contribution in [3.05, 3.63) is 30.5 Å². The van der Waals surface area contributed by atoms with Gasteiger partial charge in [0.25, 0.3) is 0 Å². The van der Waals surface area contributed by atoms with E-state index in [-0.39, 0.29) is 0 Å². The molecule has 4 nitrogen and oxygen atoms in total. The molecule has 0 aromatic carbocycles. The minimum atomic E-state index is 0.724. The fraction of sp³-hybridized carbons (Fsp3) is 0.250. The van der Waals surface area contributed by atoms with E-state index in [1.54, 1.807) is 12.6 Å². The third-order valence-corrected chi connectivity index (χ3v) is 2.43. The Labute approximate surface area is 80.0 Å². The Morgan fingerprint density at radius 3 is 3.15 bits per heavy atom. The quantitative estimate of drug-likeness (QED) is 0.748. The zero-order chi connectivity index (χ0) is 9.10. The molecule has 0 fully saturated rings. The lowest BCUT2D eigenvalue weighted by atomic mass is 10.4. The molecule has 5 heteroatoms. The van der Waals surface area contributed by atoms with Crippen LogP contribution in [0.2, 0.25) is 0 Å². The normalized spacial score (nSPS) is 10.2. The molecule has 0 unspecified atom stereocenters. The Kier molecular flexibility index (Phi) is 2.27. The van der Waals surface area contributed by atoms with Crippen LogP contribution in [0.3, 0.4) is 0 Å². The molecule has 0 saturated heterocycles. The Bertz CT molecular complexity index is 343. The molecule has 2 heterocycles. The summed E-state index contributed by atoms with van der Waals surface area (Å²) in [4.78, 5) is 6.08. The van der Waals surface area contributed by atoms with Crippen LogP contribution in [0.4, 0.5) is 5.13 Å². The monoisotopic (exact) mass is 195 g/mol. The number of rotatable bonds is 3. The maximum Gasteiger partial charge on any atom is 0.205 e. The average molecular weight is 195 g/mol. The molecule has 68 valence electrons. The molecule has 0 saturated carbocycles. The van der Waals surface area contributed by atoms with Gasteiger partial charge in [0.15, 0.2) is 0 Å². The summed E-state index contributed by atoms with van der Waals surface area (Å²) in [6, 6.07) is 3.82. The second-order valence-corrected chi connectivity index (χ2v) is 3.42. The molecule has 0 aliphatic heterocycles. The topological polar surface area (TPSA) is 42.2 Å². The first kappa shape index (κ1) is 8.25. The van der Waals surface area contributed by atoms with E-state index in [2.05, 4.69) is 9.36 Å². The van der Waals surface area contributed by atoms with Crippen molar-refractivity contribution in [3.63, 3.8) is 0 Å². The number of anilines is 1. The smallest absolute Gasteiger partial charge is 0.205 e. The van der Waals surface area contributed by atoms with Gasteiger partial charge in [-0.05, 0) is 12.1 Å². The third-order valence-electron chi connectivity index (χ3n) is 1.65. The van der Waals surface area contributed by atoms with Crippen molar-refractivity contribution in [2.24, 2.45) is 0 Å². The molecule has 0 spiro atoms. The Balaban J connectivity index is 2.04. The predicted octanol–water partition coefficient (Wildman–Crippen LogP) is 1.77. The summed E-state index contributed by atoms with van der Waals surface area (Å²) in [6.45, 7) is 0.724. The summed E-state index contributed by atoms with van der Waals surface area (Å²) in [5, 5.41) is 0.899. The SMILES string of the molecule is CN(Cc1ccco1)c1ncns1. The molecule has 0 aliphatic rings. The molecule has 13 heavy (non-hydrogen) atoms. The van der Waals surface area contributed by atoms with Crippen molar-refractivity contribution in [1.29, 1.82) is 0 Å². The summed E-state index contributed by atoms with van der Waals surface area (Å²) in [6.07, 6.45) is 3.22. The number of hydrogen-bond donors (Lipinski definition) is 0. The molecular weight excluding hydrogens is 186 g/mol. The lowest BCUT2D eigenvalue weighted by molar-refractivity contribution is 0.507. The highest BCUT2D eigenvalue weighted by Crippen LogP contribution is 2.15. The van der Waals surface area contributed by atoms with Crippen LogP contribution in [0.1, 0.15) is 5.76 Å². The van der Waals surface area contributed by atoms with Gasteiger partial charge in [-0.15, -0.1) is 0 Å². The van der Waals surface area contributed by atoms with E-state index >= 15 is 0 Å². The van der Waals surface area contributed by atoms with Crippen LogP contribution in [0.25, 0.3) is 0 Å². The highest BCUT2D eigenvalue weighted by Gasteiger charge is 2.05. The van der Waals surface area contributed by atoms with Crippen LogP contribution in [-0.2, 0) is 6.54 Å². The molecular formula is C8H9N3OS. The van der Waals surface area contributed by atoms with Crippen molar-refractivity contribution >= 4 is 16.7 Å². The first-order chi connectivity index (χ1) is 6.36. The summed E-state index contributed by atoms with van der Waals surface area (Å²) >= 11 is 1.38.